The number of aromatic nitrogens is 4. The number of rotatable bonds is 5. The van der Waals surface area contributed by atoms with Crippen molar-refractivity contribution < 1.29 is 9.26 Å². The van der Waals surface area contributed by atoms with Crippen molar-refractivity contribution in [2.24, 2.45) is 0 Å². The van der Waals surface area contributed by atoms with E-state index in [1.165, 1.54) is 0 Å². The molecule has 0 aliphatic heterocycles. The molecule has 0 aliphatic carbocycles. The number of para-hydroxylation sites is 1. The topological polar surface area (TPSA) is 92.0 Å². The Morgan fingerprint density at radius 1 is 1.30 bits per heavy atom. The van der Waals surface area contributed by atoms with E-state index in [1.807, 2.05) is 26.0 Å². The molecule has 8 heteroatoms. The molecule has 0 radical (unpaired) electrons. The number of nitrogens with two attached hydrogens (primary N) is 1. The van der Waals surface area contributed by atoms with Gasteiger partial charge in [0.25, 0.3) is 5.89 Å². The second-order valence-corrected chi connectivity index (χ2v) is 5.89. The number of ether oxygens (including phenoxy) is 1. The Hall–Kier alpha value is -2.54. The number of benzene rings is 1. The Morgan fingerprint density at radius 3 is 2.78 bits per heavy atom. The van der Waals surface area contributed by atoms with Crippen LogP contribution in [-0.4, -0.2) is 19.9 Å². The molecular weight excluding hydrogens is 318 g/mol. The molecule has 7 nitrogen and oxygen atoms in total. The van der Waals surface area contributed by atoms with Gasteiger partial charge < -0.3 is 15.0 Å². The third kappa shape index (κ3) is 3.14. The predicted octanol–water partition coefficient (Wildman–Crippen LogP) is 2.86. The third-order valence-electron chi connectivity index (χ3n) is 3.37. The van der Waals surface area contributed by atoms with Gasteiger partial charge in [0.2, 0.25) is 5.82 Å². The molecule has 0 fully saturated rings. The highest BCUT2D eigenvalue weighted by Crippen LogP contribution is 2.26. The van der Waals surface area contributed by atoms with Crippen molar-refractivity contribution in [1.82, 2.24) is 19.9 Å². The van der Waals surface area contributed by atoms with Gasteiger partial charge in [-0.1, -0.05) is 28.9 Å². The zero-order valence-corrected chi connectivity index (χ0v) is 13.5. The molecule has 0 saturated carbocycles. The van der Waals surface area contributed by atoms with Gasteiger partial charge in [-0.05, 0) is 32.0 Å². The van der Waals surface area contributed by atoms with Crippen LogP contribution in [0.4, 0.5) is 5.82 Å². The van der Waals surface area contributed by atoms with E-state index in [2.05, 4.69) is 15.2 Å². The summed E-state index contributed by atoms with van der Waals surface area (Å²) in [7, 11) is 0. The number of hydrogen-bond donors (Lipinski definition) is 1. The van der Waals surface area contributed by atoms with Crippen LogP contribution in [0.5, 0.6) is 5.75 Å². The van der Waals surface area contributed by atoms with Crippen molar-refractivity contribution in [3.63, 3.8) is 0 Å². The van der Waals surface area contributed by atoms with Crippen LogP contribution in [0.25, 0.3) is 0 Å². The Bertz CT molecular complexity index is 812. The van der Waals surface area contributed by atoms with E-state index >= 15 is 0 Å². The molecule has 23 heavy (non-hydrogen) atoms. The van der Waals surface area contributed by atoms with Gasteiger partial charge in [-0.3, -0.25) is 4.68 Å². The van der Waals surface area contributed by atoms with E-state index in [0.717, 1.165) is 0 Å². The zero-order chi connectivity index (χ0) is 16.4. The Balaban J connectivity index is 1.74. The summed E-state index contributed by atoms with van der Waals surface area (Å²) < 4.78 is 12.6. The summed E-state index contributed by atoms with van der Waals surface area (Å²) in [6, 6.07) is 8.91. The van der Waals surface area contributed by atoms with Crippen LogP contribution in [0, 0.1) is 0 Å². The second-order valence-electron chi connectivity index (χ2n) is 5.48. The summed E-state index contributed by atoms with van der Waals surface area (Å²) in [5, 5.41) is 8.66. The highest BCUT2D eigenvalue weighted by molar-refractivity contribution is 6.32. The molecule has 0 amide bonds. The Morgan fingerprint density at radius 2 is 2.09 bits per heavy atom. The minimum atomic E-state index is -0.618. The predicted molar refractivity (Wildman–Crippen MR) is 85.1 cm³/mol. The molecule has 0 aliphatic rings. The van der Waals surface area contributed by atoms with Crippen molar-refractivity contribution in [3.05, 3.63) is 53.3 Å². The normalized spacial score (nSPS) is 11.6. The van der Waals surface area contributed by atoms with Gasteiger partial charge in [0.05, 0.1) is 5.02 Å². The second kappa shape index (κ2) is 5.92. The highest BCUT2D eigenvalue weighted by Gasteiger charge is 2.30. The van der Waals surface area contributed by atoms with Crippen molar-refractivity contribution >= 4 is 17.4 Å². The number of nitrogen functional groups attached to an aromatic ring is 1. The minimum Gasteiger partial charge on any atom is -0.484 e. The minimum absolute atomic E-state index is 0.157. The number of nitrogens with zero attached hydrogens (tertiary/aromatic N) is 4. The molecule has 0 bridgehead atoms. The van der Waals surface area contributed by atoms with E-state index in [1.54, 1.807) is 29.1 Å². The van der Waals surface area contributed by atoms with Gasteiger partial charge in [-0.25, -0.2) is 0 Å². The number of anilines is 1. The van der Waals surface area contributed by atoms with E-state index < -0.39 is 5.54 Å². The standard InChI is InChI=1S/C15H16ClN5O2/c1-15(2,21-8-7-12(17)19-21)14-18-13(20-23-14)9-22-11-6-4-3-5-10(11)16/h3-8H,9H2,1-2H3,(H2,17,19). The van der Waals surface area contributed by atoms with E-state index in [9.17, 15) is 0 Å². The fourth-order valence-electron chi connectivity index (χ4n) is 2.01. The van der Waals surface area contributed by atoms with Crippen molar-refractivity contribution in [1.29, 1.82) is 0 Å². The maximum atomic E-state index is 6.04. The van der Waals surface area contributed by atoms with Crippen LogP contribution in [-0.2, 0) is 12.1 Å². The quantitative estimate of drug-likeness (QED) is 0.771. The SMILES string of the molecule is CC(C)(c1nc(COc2ccccc2Cl)no1)n1ccc(N)n1. The maximum absolute atomic E-state index is 6.04. The van der Waals surface area contributed by atoms with Crippen LogP contribution < -0.4 is 10.5 Å². The monoisotopic (exact) mass is 333 g/mol. The molecule has 0 atom stereocenters. The molecule has 2 N–H and O–H groups in total. The van der Waals surface area contributed by atoms with Gasteiger partial charge in [-0.2, -0.15) is 10.1 Å². The first kappa shape index (κ1) is 15.4. The lowest BCUT2D eigenvalue weighted by molar-refractivity contribution is 0.255. The van der Waals surface area contributed by atoms with Crippen molar-refractivity contribution in [2.45, 2.75) is 26.0 Å². The first-order valence-electron chi connectivity index (χ1n) is 6.99. The van der Waals surface area contributed by atoms with Crippen molar-refractivity contribution in [2.75, 3.05) is 5.73 Å². The summed E-state index contributed by atoms with van der Waals surface area (Å²) in [6.07, 6.45) is 1.76. The van der Waals surface area contributed by atoms with Gasteiger partial charge in [0.15, 0.2) is 6.61 Å². The lowest BCUT2D eigenvalue weighted by atomic mass is 10.1. The number of hydrogen-bond acceptors (Lipinski definition) is 6. The lowest BCUT2D eigenvalue weighted by Gasteiger charge is -2.20. The Kier molecular flexibility index (Phi) is 3.96. The average molecular weight is 334 g/mol. The summed E-state index contributed by atoms with van der Waals surface area (Å²) in [5.74, 6) is 1.84. The molecule has 1 aromatic carbocycles. The zero-order valence-electron chi connectivity index (χ0n) is 12.7. The molecule has 120 valence electrons. The van der Waals surface area contributed by atoms with Crippen molar-refractivity contribution in [3.8, 4) is 5.75 Å². The fourth-order valence-corrected chi connectivity index (χ4v) is 2.20. The highest BCUT2D eigenvalue weighted by atomic mass is 35.5. The van der Waals surface area contributed by atoms with Crippen LogP contribution in [0.1, 0.15) is 25.6 Å². The van der Waals surface area contributed by atoms with Crippen LogP contribution in [0.15, 0.2) is 41.1 Å². The van der Waals surface area contributed by atoms with E-state index in [-0.39, 0.29) is 6.61 Å². The van der Waals surface area contributed by atoms with Crippen LogP contribution >= 0.6 is 11.6 Å². The lowest BCUT2D eigenvalue weighted by Crippen LogP contribution is -2.28. The fraction of sp³-hybridized carbons (Fsp3) is 0.267. The summed E-state index contributed by atoms with van der Waals surface area (Å²) in [4.78, 5) is 4.36. The van der Waals surface area contributed by atoms with E-state index in [0.29, 0.717) is 28.3 Å². The molecule has 3 rings (SSSR count). The smallest absolute Gasteiger partial charge is 0.254 e. The van der Waals surface area contributed by atoms with Gasteiger partial charge in [-0.15, -0.1) is 0 Å². The first-order chi connectivity index (χ1) is 11.0. The molecule has 3 aromatic rings. The van der Waals surface area contributed by atoms with E-state index in [4.69, 9.17) is 26.6 Å². The average Bonchev–Trinajstić information content (AvgIpc) is 3.16. The Labute approximate surface area is 138 Å². The first-order valence-corrected chi connectivity index (χ1v) is 7.36. The molecule has 0 saturated heterocycles. The molecule has 2 heterocycles. The van der Waals surface area contributed by atoms with Gasteiger partial charge in [0, 0.05) is 6.20 Å². The summed E-state index contributed by atoms with van der Waals surface area (Å²) in [6.45, 7) is 3.97. The summed E-state index contributed by atoms with van der Waals surface area (Å²) in [5.41, 5.74) is 5.04. The molecule has 0 spiro atoms. The van der Waals surface area contributed by atoms with Gasteiger partial charge in [0.1, 0.15) is 17.1 Å². The number of halogens is 1. The third-order valence-corrected chi connectivity index (χ3v) is 3.68. The van der Waals surface area contributed by atoms with Crippen LogP contribution in [0.3, 0.4) is 0 Å². The molecule has 2 aromatic heterocycles. The van der Waals surface area contributed by atoms with Gasteiger partial charge >= 0.3 is 0 Å². The largest absolute Gasteiger partial charge is 0.484 e. The molecule has 0 unspecified atom stereocenters. The summed E-state index contributed by atoms with van der Waals surface area (Å²) >= 11 is 6.04. The maximum Gasteiger partial charge on any atom is 0.254 e. The molecular formula is C15H16ClN5O2. The van der Waals surface area contributed by atoms with Crippen LogP contribution in [0.2, 0.25) is 5.02 Å².